The smallest absolute Gasteiger partial charge is 0.305 e. The van der Waals surface area contributed by atoms with Crippen LogP contribution in [0.4, 0.5) is 0 Å². The number of amides is 1. The lowest BCUT2D eigenvalue weighted by molar-refractivity contribution is -0.144. The highest BCUT2D eigenvalue weighted by molar-refractivity contribution is 5.92. The average molecular weight is 955 g/mol. The number of unbranched alkanes of at least 4 members (excludes halogenated alkanes) is 26. The monoisotopic (exact) mass is 954 g/mol. The van der Waals surface area contributed by atoms with Crippen LogP contribution in [0.3, 0.4) is 0 Å². The largest absolute Gasteiger partial charge is 0.466 e. The fraction of sp³-hybridized carbons (Fsp3) is 0.885. The molecule has 0 N–H and O–H groups in total. The van der Waals surface area contributed by atoms with Crippen molar-refractivity contribution in [3.8, 4) is 0 Å². The van der Waals surface area contributed by atoms with Gasteiger partial charge in [-0.1, -0.05) is 219 Å². The van der Waals surface area contributed by atoms with Gasteiger partial charge in [0.25, 0.3) is 0 Å². The number of nitrogens with zero attached hydrogens (tertiary/aromatic N) is 3. The highest BCUT2D eigenvalue weighted by atomic mass is 16.5. The third kappa shape index (κ3) is 39.7. The Hall–Kier alpha value is -1.99. The second-order valence-electron chi connectivity index (χ2n) is 21.1. The summed E-state index contributed by atoms with van der Waals surface area (Å²) in [5.41, 5.74) is 2.69. The normalized spacial score (nSPS) is 14.1. The average Bonchev–Trinajstić information content (AvgIpc) is 3.58. The quantitative estimate of drug-likeness (QED) is 0.0262. The number of carbonyl (C=O) groups excluding carboxylic acids is 3. The summed E-state index contributed by atoms with van der Waals surface area (Å²) in [5.74, 6) is 0.290. The molecular weight excluding hydrogens is 839 g/mol. The molecule has 1 saturated heterocycles. The van der Waals surface area contributed by atoms with Gasteiger partial charge < -0.3 is 14.5 Å². The van der Waals surface area contributed by atoms with Crippen molar-refractivity contribution in [3.63, 3.8) is 0 Å². The summed E-state index contributed by atoms with van der Waals surface area (Å²) in [7, 11) is 0. The second kappa shape index (κ2) is 48.6. The highest BCUT2D eigenvalue weighted by Gasteiger charge is 2.19. The van der Waals surface area contributed by atoms with E-state index in [0.29, 0.717) is 32.5 Å². The number of allylic oxidation sites excluding steroid dienone is 1. The van der Waals surface area contributed by atoms with Gasteiger partial charge >= 0.3 is 5.97 Å². The van der Waals surface area contributed by atoms with Crippen molar-refractivity contribution in [2.75, 3.05) is 59.0 Å². The van der Waals surface area contributed by atoms with Crippen molar-refractivity contribution in [1.82, 2.24) is 14.7 Å². The molecule has 0 aliphatic carbocycles. The number of esters is 1. The van der Waals surface area contributed by atoms with Gasteiger partial charge in [0.2, 0.25) is 5.91 Å². The summed E-state index contributed by atoms with van der Waals surface area (Å²) >= 11 is 0. The van der Waals surface area contributed by atoms with Crippen LogP contribution in [0.15, 0.2) is 23.3 Å². The minimum absolute atomic E-state index is 0.118. The van der Waals surface area contributed by atoms with E-state index in [-0.39, 0.29) is 17.7 Å². The van der Waals surface area contributed by atoms with E-state index in [1.807, 2.05) is 6.08 Å². The maximum atomic E-state index is 13.8. The fourth-order valence-electron chi connectivity index (χ4n) is 9.97. The first-order chi connectivity index (χ1) is 33.4. The summed E-state index contributed by atoms with van der Waals surface area (Å²) in [5, 5.41) is 0. The van der Waals surface area contributed by atoms with Gasteiger partial charge in [-0.15, -0.1) is 0 Å². The van der Waals surface area contributed by atoms with Crippen molar-refractivity contribution in [1.29, 1.82) is 0 Å². The summed E-state index contributed by atoms with van der Waals surface area (Å²) < 4.78 is 5.45. The van der Waals surface area contributed by atoms with E-state index in [1.165, 1.54) is 211 Å². The molecule has 398 valence electrons. The first kappa shape index (κ1) is 64.0. The minimum Gasteiger partial charge on any atom is -0.466 e. The molecule has 0 aromatic heterocycles. The van der Waals surface area contributed by atoms with Crippen LogP contribution in [0.5, 0.6) is 0 Å². The molecule has 7 heteroatoms. The summed E-state index contributed by atoms with van der Waals surface area (Å²) in [6.45, 7) is 19.0. The van der Waals surface area contributed by atoms with Crippen molar-refractivity contribution in [2.24, 2.45) is 0 Å². The predicted octanol–water partition coefficient (Wildman–Crippen LogP) is 17.1. The van der Waals surface area contributed by atoms with E-state index in [4.69, 9.17) is 4.74 Å². The molecular formula is C61H115N3O4. The number of carbonyl (C=O) groups is 3. The fourth-order valence-corrected chi connectivity index (χ4v) is 9.97. The van der Waals surface area contributed by atoms with Crippen LogP contribution < -0.4 is 0 Å². The Morgan fingerprint density at radius 2 is 0.897 bits per heavy atom. The highest BCUT2D eigenvalue weighted by Crippen LogP contribution is 2.22. The maximum Gasteiger partial charge on any atom is 0.305 e. The van der Waals surface area contributed by atoms with Gasteiger partial charge in [-0.2, -0.15) is 0 Å². The third-order valence-electron chi connectivity index (χ3n) is 14.5. The van der Waals surface area contributed by atoms with Crippen LogP contribution in [-0.4, -0.2) is 91.3 Å². The van der Waals surface area contributed by atoms with Crippen LogP contribution in [0.25, 0.3) is 0 Å². The lowest BCUT2D eigenvalue weighted by atomic mass is 10.00. The van der Waals surface area contributed by atoms with Crippen molar-refractivity contribution in [3.05, 3.63) is 23.3 Å². The standard InChI is InChI=1S/C61H115N3O4/c1-6-11-16-20-24-28-32-40-57(41-37-50-62(47-33-29-25-21-17-12-7-2)48-34-30-26-22-18-13-8-3)44-45-60(66)64-52-38-42-58(46-53-64)55-59(65)56-63(49-35-31-27-23-19-14-9-4)51-39-43-61(67)68-54-36-15-10-5/h44,55H,6-43,45-54,56H2,1-5H3/b57-44+,58-55-. The molecule has 0 radical (unpaired) electrons. The number of ketones is 1. The van der Waals surface area contributed by atoms with Crippen LogP contribution >= 0.6 is 0 Å². The molecule has 1 amide bonds. The molecule has 68 heavy (non-hydrogen) atoms. The molecule has 0 atom stereocenters. The molecule has 0 bridgehead atoms. The van der Waals surface area contributed by atoms with Crippen LogP contribution in [-0.2, 0) is 19.1 Å². The lowest BCUT2D eigenvalue weighted by Crippen LogP contribution is -2.32. The minimum atomic E-state index is -0.118. The van der Waals surface area contributed by atoms with E-state index >= 15 is 0 Å². The molecule has 1 heterocycles. The first-order valence-electron chi connectivity index (χ1n) is 30.1. The Morgan fingerprint density at radius 3 is 1.44 bits per heavy atom. The molecule has 7 nitrogen and oxygen atoms in total. The van der Waals surface area contributed by atoms with Gasteiger partial charge in [0.1, 0.15) is 0 Å². The van der Waals surface area contributed by atoms with Gasteiger partial charge in [-0.05, 0) is 116 Å². The van der Waals surface area contributed by atoms with Gasteiger partial charge in [0.05, 0.1) is 13.2 Å². The Balaban J connectivity index is 2.85. The second-order valence-corrected chi connectivity index (χ2v) is 21.1. The molecule has 0 unspecified atom stereocenters. The Labute approximate surface area is 423 Å². The predicted molar refractivity (Wildman–Crippen MR) is 295 cm³/mol. The van der Waals surface area contributed by atoms with Gasteiger partial charge in [0, 0.05) is 25.9 Å². The van der Waals surface area contributed by atoms with Gasteiger partial charge in [-0.3, -0.25) is 19.3 Å². The number of hydrogen-bond donors (Lipinski definition) is 0. The van der Waals surface area contributed by atoms with Crippen molar-refractivity contribution >= 4 is 17.7 Å². The van der Waals surface area contributed by atoms with Crippen molar-refractivity contribution < 1.29 is 19.1 Å². The van der Waals surface area contributed by atoms with E-state index in [2.05, 4.69) is 55.4 Å². The number of ether oxygens (including phenoxy) is 1. The molecule has 0 saturated carbocycles. The molecule has 1 aliphatic rings. The number of hydrogen-bond acceptors (Lipinski definition) is 6. The topological polar surface area (TPSA) is 70.2 Å². The zero-order valence-corrected chi connectivity index (χ0v) is 46.3. The van der Waals surface area contributed by atoms with Gasteiger partial charge in [-0.25, -0.2) is 0 Å². The first-order valence-corrected chi connectivity index (χ1v) is 30.1. The number of likely N-dealkylation sites (tertiary alicyclic amines) is 1. The summed E-state index contributed by atoms with van der Waals surface area (Å²) in [6.07, 6.45) is 52.0. The summed E-state index contributed by atoms with van der Waals surface area (Å²) in [6, 6.07) is 0. The maximum absolute atomic E-state index is 13.8. The molecule has 0 aromatic carbocycles. The zero-order valence-electron chi connectivity index (χ0n) is 46.3. The molecule has 1 rings (SSSR count). The molecule has 1 fully saturated rings. The van der Waals surface area contributed by atoms with Crippen molar-refractivity contribution in [2.45, 2.75) is 291 Å². The SMILES string of the molecule is CCCCCCCCC/C(=C\CC(=O)N1CCC/C(=C/C(=O)CN(CCCCCCCCC)CCCC(=O)OCCCCC)CC1)CCCN(CCCCCCCCC)CCCCCCCCC. The lowest BCUT2D eigenvalue weighted by Gasteiger charge is -2.23. The van der Waals surface area contributed by atoms with Gasteiger partial charge in [0.15, 0.2) is 5.78 Å². The molecule has 0 aromatic rings. The molecule has 1 aliphatic heterocycles. The Morgan fingerprint density at radius 1 is 0.471 bits per heavy atom. The summed E-state index contributed by atoms with van der Waals surface area (Å²) in [4.78, 5) is 46.9. The van der Waals surface area contributed by atoms with E-state index < -0.39 is 0 Å². The van der Waals surface area contributed by atoms with E-state index in [9.17, 15) is 14.4 Å². The van der Waals surface area contributed by atoms with E-state index in [1.54, 1.807) is 0 Å². The zero-order chi connectivity index (χ0) is 49.4. The Kier molecular flexibility index (Phi) is 45.8. The Bertz CT molecular complexity index is 1210. The van der Waals surface area contributed by atoms with Crippen LogP contribution in [0.1, 0.15) is 291 Å². The molecule has 0 spiro atoms. The van der Waals surface area contributed by atoms with Crippen LogP contribution in [0, 0.1) is 0 Å². The van der Waals surface area contributed by atoms with E-state index in [0.717, 1.165) is 83.8 Å². The van der Waals surface area contributed by atoms with Crippen LogP contribution in [0.2, 0.25) is 0 Å². The third-order valence-corrected chi connectivity index (χ3v) is 14.5. The number of rotatable bonds is 49.